The summed E-state index contributed by atoms with van der Waals surface area (Å²) in [5.41, 5.74) is 5.25. The van der Waals surface area contributed by atoms with Crippen molar-refractivity contribution in [3.05, 3.63) is 0 Å². The quantitative estimate of drug-likeness (QED) is 0.701. The first-order valence-electron chi connectivity index (χ1n) is 5.24. The fraction of sp³-hybridized carbons (Fsp3) is 0.900. The maximum Gasteiger partial charge on any atom is 0.317 e. The van der Waals surface area contributed by atoms with Gasteiger partial charge in [-0.3, -0.25) is 0 Å². The molecule has 0 atom stereocenters. The molecule has 0 saturated carbocycles. The van der Waals surface area contributed by atoms with Crippen molar-refractivity contribution in [1.82, 2.24) is 10.2 Å². The molecule has 0 heterocycles. The van der Waals surface area contributed by atoms with Crippen LogP contribution in [0.25, 0.3) is 0 Å². The molecule has 0 saturated heterocycles. The summed E-state index contributed by atoms with van der Waals surface area (Å²) in [7, 11) is 0. The molecule has 0 spiro atoms. The van der Waals surface area contributed by atoms with E-state index in [1.54, 1.807) is 4.90 Å². The molecule has 4 nitrogen and oxygen atoms in total. The van der Waals surface area contributed by atoms with Crippen LogP contribution in [-0.4, -0.2) is 36.1 Å². The molecule has 2 amide bonds. The van der Waals surface area contributed by atoms with E-state index in [1.807, 2.05) is 27.7 Å². The molecule has 0 rings (SSSR count). The second-order valence-corrected chi connectivity index (χ2v) is 4.03. The van der Waals surface area contributed by atoms with Gasteiger partial charge in [-0.25, -0.2) is 4.79 Å². The van der Waals surface area contributed by atoms with Crippen molar-refractivity contribution < 1.29 is 4.79 Å². The fourth-order valence-corrected chi connectivity index (χ4v) is 1.30. The average Bonchev–Trinajstić information content (AvgIpc) is 2.04. The monoisotopic (exact) mass is 201 g/mol. The van der Waals surface area contributed by atoms with E-state index >= 15 is 0 Å². The summed E-state index contributed by atoms with van der Waals surface area (Å²) < 4.78 is 0. The Morgan fingerprint density at radius 2 is 1.86 bits per heavy atom. The smallest absolute Gasteiger partial charge is 0.317 e. The molecule has 0 radical (unpaired) electrons. The van der Waals surface area contributed by atoms with Crippen molar-refractivity contribution in [2.75, 3.05) is 19.6 Å². The third-order valence-electron chi connectivity index (χ3n) is 2.27. The normalized spacial score (nSPS) is 11.2. The van der Waals surface area contributed by atoms with Crippen LogP contribution in [-0.2, 0) is 0 Å². The van der Waals surface area contributed by atoms with E-state index < -0.39 is 0 Å². The number of urea groups is 1. The highest BCUT2D eigenvalue weighted by molar-refractivity contribution is 5.74. The van der Waals surface area contributed by atoms with E-state index in [1.165, 1.54) is 0 Å². The summed E-state index contributed by atoms with van der Waals surface area (Å²) in [6.07, 6.45) is 0.792. The van der Waals surface area contributed by atoms with Gasteiger partial charge in [0, 0.05) is 18.6 Å². The van der Waals surface area contributed by atoms with Gasteiger partial charge in [-0.1, -0.05) is 0 Å². The molecule has 0 aliphatic carbocycles. The van der Waals surface area contributed by atoms with Gasteiger partial charge in [-0.15, -0.1) is 0 Å². The molecular formula is C10H23N3O. The summed E-state index contributed by atoms with van der Waals surface area (Å²) in [6, 6.07) is -0.00606. The lowest BCUT2D eigenvalue weighted by Crippen LogP contribution is -2.50. The largest absolute Gasteiger partial charge is 0.333 e. The van der Waals surface area contributed by atoms with Crippen molar-refractivity contribution in [3.8, 4) is 0 Å². The lowest BCUT2D eigenvalue weighted by Gasteiger charge is -2.29. The van der Waals surface area contributed by atoms with Crippen LogP contribution in [0, 0.1) is 0 Å². The number of hydrogen-bond acceptors (Lipinski definition) is 2. The number of rotatable bonds is 5. The standard InChI is InChI=1S/C10H23N3O/c1-5-13(6-2)9(14)12-10(3,4)7-8-11/h5-8,11H2,1-4H3,(H,12,14). The Balaban J connectivity index is 4.15. The molecule has 0 aliphatic rings. The molecular weight excluding hydrogens is 178 g/mol. The number of nitrogens with one attached hydrogen (secondary N) is 1. The van der Waals surface area contributed by atoms with E-state index in [0.717, 1.165) is 19.5 Å². The predicted molar refractivity (Wildman–Crippen MR) is 59.2 cm³/mol. The Morgan fingerprint density at radius 1 is 1.36 bits per heavy atom. The maximum absolute atomic E-state index is 11.7. The summed E-state index contributed by atoms with van der Waals surface area (Å²) in [4.78, 5) is 13.4. The van der Waals surface area contributed by atoms with Crippen molar-refractivity contribution in [1.29, 1.82) is 0 Å². The van der Waals surface area contributed by atoms with Gasteiger partial charge in [0.1, 0.15) is 0 Å². The van der Waals surface area contributed by atoms with Gasteiger partial charge in [0.25, 0.3) is 0 Å². The van der Waals surface area contributed by atoms with E-state index in [4.69, 9.17) is 5.73 Å². The molecule has 4 heteroatoms. The molecule has 0 aromatic rings. The summed E-state index contributed by atoms with van der Waals surface area (Å²) in [6.45, 7) is 9.98. The minimum absolute atomic E-state index is 0.00606. The second kappa shape index (κ2) is 5.86. The van der Waals surface area contributed by atoms with Crippen molar-refractivity contribution in [2.24, 2.45) is 5.73 Å². The van der Waals surface area contributed by atoms with Crippen molar-refractivity contribution in [2.45, 2.75) is 39.7 Å². The second-order valence-electron chi connectivity index (χ2n) is 4.03. The van der Waals surface area contributed by atoms with E-state index in [2.05, 4.69) is 5.32 Å². The van der Waals surface area contributed by atoms with Crippen molar-refractivity contribution in [3.63, 3.8) is 0 Å². The first-order chi connectivity index (χ1) is 6.46. The summed E-state index contributed by atoms with van der Waals surface area (Å²) in [5.74, 6) is 0. The van der Waals surface area contributed by atoms with Gasteiger partial charge in [0.05, 0.1) is 0 Å². The van der Waals surface area contributed by atoms with Gasteiger partial charge in [0.2, 0.25) is 0 Å². The van der Waals surface area contributed by atoms with Crippen LogP contribution in [0.4, 0.5) is 4.79 Å². The lowest BCUT2D eigenvalue weighted by molar-refractivity contribution is 0.190. The van der Waals surface area contributed by atoms with Crippen molar-refractivity contribution >= 4 is 6.03 Å². The number of nitrogens with zero attached hydrogens (tertiary/aromatic N) is 1. The zero-order valence-electron chi connectivity index (χ0n) is 9.76. The summed E-state index contributed by atoms with van der Waals surface area (Å²) >= 11 is 0. The summed E-state index contributed by atoms with van der Waals surface area (Å²) in [5, 5.41) is 2.97. The van der Waals surface area contributed by atoms with Crippen LogP contribution >= 0.6 is 0 Å². The van der Waals surface area contributed by atoms with Gasteiger partial charge in [0.15, 0.2) is 0 Å². The van der Waals surface area contributed by atoms with Crippen LogP contribution in [0.5, 0.6) is 0 Å². The highest BCUT2D eigenvalue weighted by Gasteiger charge is 2.21. The molecule has 0 fully saturated rings. The minimum Gasteiger partial charge on any atom is -0.333 e. The third kappa shape index (κ3) is 4.46. The van der Waals surface area contributed by atoms with Gasteiger partial charge >= 0.3 is 6.03 Å². The SMILES string of the molecule is CCN(CC)C(=O)NC(C)(C)CCN. The Hall–Kier alpha value is -0.770. The number of carbonyl (C=O) groups excluding carboxylic acids is 1. The molecule has 84 valence electrons. The zero-order valence-corrected chi connectivity index (χ0v) is 9.76. The maximum atomic E-state index is 11.7. The highest BCUT2D eigenvalue weighted by Crippen LogP contribution is 2.07. The van der Waals surface area contributed by atoms with Crippen LogP contribution in [0.2, 0.25) is 0 Å². The molecule has 14 heavy (non-hydrogen) atoms. The van der Waals surface area contributed by atoms with Gasteiger partial charge in [-0.2, -0.15) is 0 Å². The molecule has 0 aromatic heterocycles. The number of nitrogens with two attached hydrogens (primary N) is 1. The topological polar surface area (TPSA) is 58.4 Å². The lowest BCUT2D eigenvalue weighted by atomic mass is 10.0. The third-order valence-corrected chi connectivity index (χ3v) is 2.27. The van der Waals surface area contributed by atoms with E-state index in [-0.39, 0.29) is 11.6 Å². The molecule has 3 N–H and O–H groups in total. The molecule has 0 unspecified atom stereocenters. The fourth-order valence-electron chi connectivity index (χ4n) is 1.30. The Bertz CT molecular complexity index is 176. The van der Waals surface area contributed by atoms with Gasteiger partial charge in [-0.05, 0) is 40.7 Å². The van der Waals surface area contributed by atoms with E-state index in [0.29, 0.717) is 6.54 Å². The van der Waals surface area contributed by atoms with E-state index in [9.17, 15) is 4.79 Å². The average molecular weight is 201 g/mol. The van der Waals surface area contributed by atoms with Crippen LogP contribution in [0.3, 0.4) is 0 Å². The van der Waals surface area contributed by atoms with Crippen LogP contribution < -0.4 is 11.1 Å². The molecule has 0 bridgehead atoms. The molecule has 0 aliphatic heterocycles. The van der Waals surface area contributed by atoms with Crippen LogP contribution in [0.1, 0.15) is 34.1 Å². The first kappa shape index (κ1) is 13.2. The number of carbonyl (C=O) groups is 1. The molecule has 0 aromatic carbocycles. The number of hydrogen-bond donors (Lipinski definition) is 2. The minimum atomic E-state index is -0.214. The number of amides is 2. The Morgan fingerprint density at radius 3 is 2.21 bits per heavy atom. The predicted octanol–water partition coefficient (Wildman–Crippen LogP) is 1.17. The van der Waals surface area contributed by atoms with Crippen LogP contribution in [0.15, 0.2) is 0 Å². The Kier molecular flexibility index (Phi) is 5.53. The first-order valence-corrected chi connectivity index (χ1v) is 5.24. The zero-order chi connectivity index (χ0) is 11.2. The van der Waals surface area contributed by atoms with Gasteiger partial charge < -0.3 is 16.0 Å². The highest BCUT2D eigenvalue weighted by atomic mass is 16.2. The Labute approximate surface area is 86.8 Å².